The van der Waals surface area contributed by atoms with Gasteiger partial charge in [-0.2, -0.15) is 15.1 Å². The number of carbonyl (C=O) groups excluding carboxylic acids is 2. The number of hydrogen-bond acceptors (Lipinski definition) is 9. The van der Waals surface area contributed by atoms with Crippen LogP contribution in [0.15, 0.2) is 73.3 Å². The summed E-state index contributed by atoms with van der Waals surface area (Å²) in [5.41, 5.74) is 2.92. The van der Waals surface area contributed by atoms with Crippen molar-refractivity contribution in [3.05, 3.63) is 90.0 Å². The summed E-state index contributed by atoms with van der Waals surface area (Å²) in [4.78, 5) is 37.3. The molecular formula is C27H24N6O5. The van der Waals surface area contributed by atoms with Crippen molar-refractivity contribution in [3.63, 3.8) is 0 Å². The van der Waals surface area contributed by atoms with Crippen LogP contribution in [-0.2, 0) is 22.7 Å². The van der Waals surface area contributed by atoms with Crippen LogP contribution >= 0.6 is 0 Å². The first-order valence-corrected chi connectivity index (χ1v) is 11.9. The summed E-state index contributed by atoms with van der Waals surface area (Å²) < 4.78 is 19.8. The minimum atomic E-state index is -0.490. The molecule has 38 heavy (non-hydrogen) atoms. The van der Waals surface area contributed by atoms with Crippen LogP contribution in [0.2, 0.25) is 0 Å². The third kappa shape index (κ3) is 5.36. The molecule has 3 aromatic heterocycles. The predicted molar refractivity (Wildman–Crippen MR) is 136 cm³/mol. The van der Waals surface area contributed by atoms with Crippen molar-refractivity contribution < 1.29 is 23.8 Å². The number of aromatic nitrogens is 6. The summed E-state index contributed by atoms with van der Waals surface area (Å²) in [5, 5.41) is 4.22. The predicted octanol–water partition coefficient (Wildman–Crippen LogP) is 3.74. The van der Waals surface area contributed by atoms with Gasteiger partial charge in [0.15, 0.2) is 11.2 Å². The first-order chi connectivity index (χ1) is 18.5. The normalized spacial score (nSPS) is 10.9. The first kappa shape index (κ1) is 24.6. The molecule has 0 atom stereocenters. The Balaban J connectivity index is 1.55. The molecule has 0 N–H and O–H groups in total. The van der Waals surface area contributed by atoms with Gasteiger partial charge in [0.05, 0.1) is 31.2 Å². The second kappa shape index (κ2) is 10.9. The van der Waals surface area contributed by atoms with Gasteiger partial charge in [0.2, 0.25) is 5.88 Å². The molecule has 0 amide bonds. The van der Waals surface area contributed by atoms with E-state index in [0.717, 1.165) is 11.1 Å². The summed E-state index contributed by atoms with van der Waals surface area (Å²) in [6, 6.07) is 16.9. The molecule has 0 aliphatic heterocycles. The Hall–Kier alpha value is -5.06. The fraction of sp³-hybridized carbons (Fsp3) is 0.185. The molecule has 0 saturated carbocycles. The molecule has 11 heteroatoms. The van der Waals surface area contributed by atoms with Crippen molar-refractivity contribution in [2.45, 2.75) is 27.0 Å². The van der Waals surface area contributed by atoms with Crippen LogP contribution in [0.4, 0.5) is 0 Å². The van der Waals surface area contributed by atoms with E-state index in [1.165, 1.54) is 24.0 Å². The fourth-order valence-corrected chi connectivity index (χ4v) is 3.81. The van der Waals surface area contributed by atoms with Crippen LogP contribution in [0.5, 0.6) is 11.6 Å². The second-order valence-electron chi connectivity index (χ2n) is 8.24. The fourth-order valence-electron chi connectivity index (χ4n) is 3.81. The van der Waals surface area contributed by atoms with Crippen LogP contribution < -0.4 is 9.47 Å². The van der Waals surface area contributed by atoms with Crippen LogP contribution in [-0.4, -0.2) is 47.8 Å². The molecule has 192 valence electrons. The Labute approximate surface area is 217 Å². The Kier molecular flexibility index (Phi) is 7.07. The van der Waals surface area contributed by atoms with E-state index in [9.17, 15) is 9.59 Å². The molecule has 0 aliphatic rings. The van der Waals surface area contributed by atoms with Gasteiger partial charge in [-0.1, -0.05) is 48.5 Å². The summed E-state index contributed by atoms with van der Waals surface area (Å²) in [7, 11) is 0. The molecule has 0 fully saturated rings. The zero-order valence-corrected chi connectivity index (χ0v) is 20.8. The third-order valence-electron chi connectivity index (χ3n) is 5.51. The highest BCUT2D eigenvalue weighted by Gasteiger charge is 2.19. The Morgan fingerprint density at radius 2 is 1.79 bits per heavy atom. The van der Waals surface area contributed by atoms with Crippen LogP contribution in [0.3, 0.4) is 0 Å². The standard InChI is InChI=1S/C27H24N6O5/c1-3-36-26(35)21-13-29-33(15-21)27-30-24-23(25(31-27)37-16-19-9-5-4-6-10-19)32(17-28-24)14-20-11-7-8-12-22(20)38-18(2)34/h4-13,15,17H,3,14,16H2,1-2H3. The average Bonchev–Trinajstić information content (AvgIpc) is 3.57. The van der Waals surface area contributed by atoms with Crippen LogP contribution in [0, 0.1) is 0 Å². The van der Waals surface area contributed by atoms with E-state index in [2.05, 4.69) is 20.1 Å². The summed E-state index contributed by atoms with van der Waals surface area (Å²) in [6.45, 7) is 3.93. The maximum atomic E-state index is 12.1. The monoisotopic (exact) mass is 512 g/mol. The van der Waals surface area contributed by atoms with Gasteiger partial charge in [0, 0.05) is 18.7 Å². The molecule has 2 aromatic carbocycles. The quantitative estimate of drug-likeness (QED) is 0.215. The Morgan fingerprint density at radius 1 is 1.00 bits per heavy atom. The third-order valence-corrected chi connectivity index (χ3v) is 5.51. The summed E-state index contributed by atoms with van der Waals surface area (Å²) in [5.74, 6) is 0.0191. The average molecular weight is 513 g/mol. The summed E-state index contributed by atoms with van der Waals surface area (Å²) >= 11 is 0. The minimum absolute atomic E-state index is 0.182. The van der Waals surface area contributed by atoms with Crippen molar-refractivity contribution in [2.75, 3.05) is 6.61 Å². The van der Waals surface area contributed by atoms with Crippen molar-refractivity contribution in [2.24, 2.45) is 0 Å². The molecule has 0 spiro atoms. The van der Waals surface area contributed by atoms with E-state index in [0.29, 0.717) is 23.5 Å². The van der Waals surface area contributed by atoms with Gasteiger partial charge in [-0.3, -0.25) is 4.79 Å². The van der Waals surface area contributed by atoms with Crippen molar-refractivity contribution in [1.29, 1.82) is 0 Å². The lowest BCUT2D eigenvalue weighted by atomic mass is 10.2. The lowest BCUT2D eigenvalue weighted by Gasteiger charge is -2.13. The van der Waals surface area contributed by atoms with E-state index < -0.39 is 11.9 Å². The topological polar surface area (TPSA) is 123 Å². The van der Waals surface area contributed by atoms with Crippen molar-refractivity contribution in [1.82, 2.24) is 29.3 Å². The number of esters is 2. The van der Waals surface area contributed by atoms with Gasteiger partial charge in [-0.15, -0.1) is 0 Å². The van der Waals surface area contributed by atoms with E-state index in [4.69, 9.17) is 14.2 Å². The van der Waals surface area contributed by atoms with Gasteiger partial charge in [0.1, 0.15) is 12.4 Å². The Bertz CT molecular complexity index is 1590. The number of hydrogen-bond donors (Lipinski definition) is 0. The summed E-state index contributed by atoms with van der Waals surface area (Å²) in [6.07, 6.45) is 4.50. The number of rotatable bonds is 9. The smallest absolute Gasteiger partial charge is 0.341 e. The molecule has 0 radical (unpaired) electrons. The zero-order chi connectivity index (χ0) is 26.5. The van der Waals surface area contributed by atoms with Crippen LogP contribution in [0.25, 0.3) is 17.1 Å². The highest BCUT2D eigenvalue weighted by atomic mass is 16.5. The molecule has 3 heterocycles. The maximum absolute atomic E-state index is 12.1. The van der Waals surface area contributed by atoms with E-state index in [1.54, 1.807) is 25.4 Å². The lowest BCUT2D eigenvalue weighted by Crippen LogP contribution is -2.09. The van der Waals surface area contributed by atoms with Gasteiger partial charge in [-0.05, 0) is 18.6 Å². The van der Waals surface area contributed by atoms with E-state index >= 15 is 0 Å². The molecule has 0 aliphatic carbocycles. The minimum Gasteiger partial charge on any atom is -0.471 e. The van der Waals surface area contributed by atoms with E-state index in [1.807, 2.05) is 47.0 Å². The number of ether oxygens (including phenoxy) is 3. The van der Waals surface area contributed by atoms with Gasteiger partial charge in [0.25, 0.3) is 5.95 Å². The van der Waals surface area contributed by atoms with Gasteiger partial charge >= 0.3 is 11.9 Å². The highest BCUT2D eigenvalue weighted by molar-refractivity contribution is 5.88. The first-order valence-electron chi connectivity index (χ1n) is 11.9. The number of carbonyl (C=O) groups is 2. The van der Waals surface area contributed by atoms with Crippen molar-refractivity contribution in [3.8, 4) is 17.6 Å². The second-order valence-corrected chi connectivity index (χ2v) is 8.24. The number of nitrogens with zero attached hydrogens (tertiary/aromatic N) is 6. The number of benzene rings is 2. The van der Waals surface area contributed by atoms with Gasteiger partial charge in [-0.25, -0.2) is 14.5 Å². The SMILES string of the molecule is CCOC(=O)c1cnn(-c2nc(OCc3ccccc3)c3c(ncn3Cc3ccccc3OC(C)=O)n2)c1. The van der Waals surface area contributed by atoms with Crippen LogP contribution in [0.1, 0.15) is 35.3 Å². The van der Waals surface area contributed by atoms with Crippen molar-refractivity contribution >= 4 is 23.1 Å². The lowest BCUT2D eigenvalue weighted by molar-refractivity contribution is -0.131. The molecule has 0 saturated heterocycles. The number of imidazole rings is 1. The molecular weight excluding hydrogens is 488 g/mol. The molecule has 5 aromatic rings. The molecule has 0 unspecified atom stereocenters. The molecule has 11 nitrogen and oxygen atoms in total. The molecule has 0 bridgehead atoms. The molecule has 5 rings (SSSR count). The number of para-hydroxylation sites is 1. The van der Waals surface area contributed by atoms with E-state index in [-0.39, 0.29) is 30.6 Å². The number of fused-ring (bicyclic) bond motifs is 1. The maximum Gasteiger partial charge on any atom is 0.341 e. The zero-order valence-electron chi connectivity index (χ0n) is 20.8. The largest absolute Gasteiger partial charge is 0.471 e. The highest BCUT2D eigenvalue weighted by Crippen LogP contribution is 2.27. The Morgan fingerprint density at radius 3 is 2.58 bits per heavy atom. The van der Waals surface area contributed by atoms with Gasteiger partial charge < -0.3 is 18.8 Å².